The van der Waals surface area contributed by atoms with Gasteiger partial charge in [0, 0.05) is 13.2 Å². The molecule has 0 unspecified atom stereocenters. The van der Waals surface area contributed by atoms with E-state index in [1.807, 2.05) is 0 Å². The molecule has 15 heavy (non-hydrogen) atoms. The van der Waals surface area contributed by atoms with Crippen molar-refractivity contribution in [2.45, 2.75) is 0 Å². The standard InChI is InChI=1S/C9H7FN4O/c1-14-8(5-12-13-14)9(15)6-2-3-11-4-7(6)10/h2-5H,1H3. The molecule has 2 rings (SSSR count). The molecule has 5 nitrogen and oxygen atoms in total. The number of halogens is 1. The van der Waals surface area contributed by atoms with Gasteiger partial charge in [-0.25, -0.2) is 9.07 Å². The van der Waals surface area contributed by atoms with Crippen LogP contribution in [-0.2, 0) is 7.05 Å². The van der Waals surface area contributed by atoms with E-state index < -0.39 is 11.6 Å². The lowest BCUT2D eigenvalue weighted by Crippen LogP contribution is -2.10. The van der Waals surface area contributed by atoms with Gasteiger partial charge in [-0.3, -0.25) is 9.78 Å². The molecule has 0 amide bonds. The maximum atomic E-state index is 13.2. The summed E-state index contributed by atoms with van der Waals surface area (Å²) in [6.45, 7) is 0. The van der Waals surface area contributed by atoms with Crippen LogP contribution in [0.5, 0.6) is 0 Å². The largest absolute Gasteiger partial charge is 0.287 e. The fraction of sp³-hybridized carbons (Fsp3) is 0.111. The third-order valence-electron chi connectivity index (χ3n) is 1.96. The Labute approximate surface area is 84.6 Å². The number of hydrogen-bond donors (Lipinski definition) is 0. The lowest BCUT2D eigenvalue weighted by atomic mass is 10.1. The summed E-state index contributed by atoms with van der Waals surface area (Å²) in [6, 6.07) is 1.32. The Bertz CT molecular complexity index is 508. The van der Waals surface area contributed by atoms with E-state index in [1.54, 1.807) is 7.05 Å². The molecule has 0 aromatic carbocycles. The summed E-state index contributed by atoms with van der Waals surface area (Å²) in [5.74, 6) is -1.11. The van der Waals surface area contributed by atoms with Crippen molar-refractivity contribution in [3.8, 4) is 0 Å². The zero-order valence-corrected chi connectivity index (χ0v) is 7.88. The van der Waals surface area contributed by atoms with Crippen LogP contribution in [0.4, 0.5) is 4.39 Å². The van der Waals surface area contributed by atoms with Gasteiger partial charge in [0.05, 0.1) is 18.0 Å². The maximum Gasteiger partial charge on any atom is 0.215 e. The molecule has 0 saturated carbocycles. The molecule has 0 bridgehead atoms. The highest BCUT2D eigenvalue weighted by atomic mass is 19.1. The number of pyridine rings is 1. The molecule has 76 valence electrons. The summed E-state index contributed by atoms with van der Waals surface area (Å²) < 4.78 is 14.5. The molecular formula is C9H7FN4O. The SMILES string of the molecule is Cn1nncc1C(=O)c1ccncc1F. The molecule has 0 N–H and O–H groups in total. The number of carbonyl (C=O) groups is 1. The predicted octanol–water partition coefficient (Wildman–Crippen LogP) is 0.580. The minimum atomic E-state index is -0.649. The lowest BCUT2D eigenvalue weighted by Gasteiger charge is -2.00. The number of rotatable bonds is 2. The van der Waals surface area contributed by atoms with Gasteiger partial charge in [0.15, 0.2) is 5.82 Å². The summed E-state index contributed by atoms with van der Waals surface area (Å²) in [4.78, 5) is 15.3. The van der Waals surface area contributed by atoms with Gasteiger partial charge in [-0.2, -0.15) is 0 Å². The van der Waals surface area contributed by atoms with E-state index in [1.165, 1.54) is 23.1 Å². The first kappa shape index (κ1) is 9.45. The first-order chi connectivity index (χ1) is 7.20. The van der Waals surface area contributed by atoms with Gasteiger partial charge >= 0.3 is 0 Å². The van der Waals surface area contributed by atoms with Gasteiger partial charge < -0.3 is 0 Å². The predicted molar refractivity (Wildman–Crippen MR) is 48.6 cm³/mol. The van der Waals surface area contributed by atoms with Crippen LogP contribution in [0.3, 0.4) is 0 Å². The normalized spacial score (nSPS) is 10.3. The van der Waals surface area contributed by atoms with Gasteiger partial charge in [0.25, 0.3) is 0 Å². The Hall–Kier alpha value is -2.11. The van der Waals surface area contributed by atoms with E-state index >= 15 is 0 Å². The monoisotopic (exact) mass is 206 g/mol. The van der Waals surface area contributed by atoms with E-state index in [0.717, 1.165) is 6.20 Å². The van der Waals surface area contributed by atoms with Gasteiger partial charge in [-0.15, -0.1) is 5.10 Å². The van der Waals surface area contributed by atoms with Crippen molar-refractivity contribution in [3.05, 3.63) is 41.7 Å². The first-order valence-electron chi connectivity index (χ1n) is 4.19. The van der Waals surface area contributed by atoms with Gasteiger partial charge in [-0.1, -0.05) is 5.21 Å². The van der Waals surface area contributed by atoms with Crippen LogP contribution in [0.2, 0.25) is 0 Å². The van der Waals surface area contributed by atoms with Crippen LogP contribution in [-0.4, -0.2) is 25.8 Å². The minimum Gasteiger partial charge on any atom is -0.287 e. The summed E-state index contributed by atoms with van der Waals surface area (Å²) in [5.41, 5.74) is 0.204. The Morgan fingerprint density at radius 3 is 2.87 bits per heavy atom. The smallest absolute Gasteiger partial charge is 0.215 e. The second-order valence-electron chi connectivity index (χ2n) is 2.93. The summed E-state index contributed by atoms with van der Waals surface area (Å²) in [5, 5.41) is 7.15. The second-order valence-corrected chi connectivity index (χ2v) is 2.93. The highest BCUT2D eigenvalue weighted by Crippen LogP contribution is 2.10. The van der Waals surface area contributed by atoms with E-state index in [0.29, 0.717) is 0 Å². The van der Waals surface area contributed by atoms with Crippen LogP contribution >= 0.6 is 0 Å². The van der Waals surface area contributed by atoms with Crippen molar-refractivity contribution in [1.82, 2.24) is 20.0 Å². The molecule has 6 heteroatoms. The van der Waals surface area contributed by atoms with Crippen molar-refractivity contribution < 1.29 is 9.18 Å². The molecule has 0 aliphatic carbocycles. The van der Waals surface area contributed by atoms with E-state index in [4.69, 9.17) is 0 Å². The fourth-order valence-electron chi connectivity index (χ4n) is 1.19. The summed E-state index contributed by atoms with van der Waals surface area (Å²) >= 11 is 0. The van der Waals surface area contributed by atoms with Crippen molar-refractivity contribution in [2.24, 2.45) is 7.05 Å². The number of aromatic nitrogens is 4. The van der Waals surface area contributed by atoms with Gasteiger partial charge in [-0.05, 0) is 6.07 Å². The molecule has 0 aliphatic heterocycles. The molecule has 0 atom stereocenters. The average molecular weight is 206 g/mol. The number of nitrogens with zero attached hydrogens (tertiary/aromatic N) is 4. The van der Waals surface area contributed by atoms with Crippen LogP contribution in [0, 0.1) is 5.82 Å². The van der Waals surface area contributed by atoms with Crippen LogP contribution in [0.25, 0.3) is 0 Å². The lowest BCUT2D eigenvalue weighted by molar-refractivity contribution is 0.102. The number of aryl methyl sites for hydroxylation is 1. The molecule has 2 aromatic heterocycles. The zero-order valence-electron chi connectivity index (χ0n) is 7.88. The second kappa shape index (κ2) is 3.56. The fourth-order valence-corrected chi connectivity index (χ4v) is 1.19. The average Bonchev–Trinajstić information content (AvgIpc) is 2.64. The molecule has 0 radical (unpaired) electrons. The Balaban J connectivity index is 2.46. The summed E-state index contributed by atoms with van der Waals surface area (Å²) in [7, 11) is 1.57. The Morgan fingerprint density at radius 2 is 2.27 bits per heavy atom. The molecule has 0 spiro atoms. The molecule has 0 fully saturated rings. The molecule has 0 saturated heterocycles. The highest BCUT2D eigenvalue weighted by Gasteiger charge is 2.17. The molecule has 2 aromatic rings. The summed E-state index contributed by atoms with van der Waals surface area (Å²) in [6.07, 6.45) is 3.65. The van der Waals surface area contributed by atoms with Crippen molar-refractivity contribution in [1.29, 1.82) is 0 Å². The van der Waals surface area contributed by atoms with Gasteiger partial charge in [0.2, 0.25) is 5.78 Å². The highest BCUT2D eigenvalue weighted by molar-refractivity contribution is 6.07. The third kappa shape index (κ3) is 1.61. The van der Waals surface area contributed by atoms with Crippen LogP contribution < -0.4 is 0 Å². The van der Waals surface area contributed by atoms with Gasteiger partial charge in [0.1, 0.15) is 5.69 Å². The van der Waals surface area contributed by atoms with Crippen LogP contribution in [0.15, 0.2) is 24.7 Å². The number of hydrogen-bond acceptors (Lipinski definition) is 4. The van der Waals surface area contributed by atoms with Crippen LogP contribution in [0.1, 0.15) is 16.1 Å². The first-order valence-corrected chi connectivity index (χ1v) is 4.19. The van der Waals surface area contributed by atoms with E-state index in [9.17, 15) is 9.18 Å². The Kier molecular flexibility index (Phi) is 2.24. The molecule has 2 heterocycles. The van der Waals surface area contributed by atoms with Crippen molar-refractivity contribution in [2.75, 3.05) is 0 Å². The number of ketones is 1. The third-order valence-corrected chi connectivity index (χ3v) is 1.96. The maximum absolute atomic E-state index is 13.2. The Morgan fingerprint density at radius 1 is 1.47 bits per heavy atom. The zero-order chi connectivity index (χ0) is 10.8. The quantitative estimate of drug-likeness (QED) is 0.674. The van der Waals surface area contributed by atoms with E-state index in [-0.39, 0.29) is 11.3 Å². The van der Waals surface area contributed by atoms with Crippen molar-refractivity contribution in [3.63, 3.8) is 0 Å². The molecule has 0 aliphatic rings. The van der Waals surface area contributed by atoms with Crippen molar-refractivity contribution >= 4 is 5.78 Å². The number of carbonyl (C=O) groups excluding carboxylic acids is 1. The molecular weight excluding hydrogens is 199 g/mol. The van der Waals surface area contributed by atoms with E-state index in [2.05, 4.69) is 15.3 Å². The minimum absolute atomic E-state index is 0.0320. The topological polar surface area (TPSA) is 60.7 Å².